The van der Waals surface area contributed by atoms with Gasteiger partial charge in [-0.2, -0.15) is 0 Å². The Morgan fingerprint density at radius 1 is 1.50 bits per heavy atom. The molecule has 1 unspecified atom stereocenters. The van der Waals surface area contributed by atoms with Crippen molar-refractivity contribution in [3.05, 3.63) is 29.6 Å². The van der Waals surface area contributed by atoms with Crippen molar-refractivity contribution in [3.8, 4) is 0 Å². The quantitative estimate of drug-likeness (QED) is 0.612. The molecule has 1 rings (SSSR count). The lowest BCUT2D eigenvalue weighted by Gasteiger charge is -2.06. The first-order valence-corrected chi connectivity index (χ1v) is 5.63. The molecule has 0 amide bonds. The molecule has 0 radical (unpaired) electrons. The number of hydrogen-bond donors (Lipinski definition) is 0. The van der Waals surface area contributed by atoms with Crippen molar-refractivity contribution in [1.82, 2.24) is 0 Å². The second-order valence-corrected chi connectivity index (χ2v) is 5.36. The largest absolute Gasteiger partial charge is 0.263 e. The Bertz CT molecular complexity index is 393. The molecule has 12 heavy (non-hydrogen) atoms. The molecular formula is C9H11FOS. The summed E-state index contributed by atoms with van der Waals surface area (Å²) in [6.45, 7) is 1.79. The van der Waals surface area contributed by atoms with Gasteiger partial charge in [-0.3, -0.25) is 4.21 Å². The van der Waals surface area contributed by atoms with Crippen molar-refractivity contribution in [1.29, 1.82) is 0 Å². The molecule has 0 saturated carbocycles. The van der Waals surface area contributed by atoms with Crippen LogP contribution in [0.3, 0.4) is 0 Å². The van der Waals surface area contributed by atoms with E-state index in [-0.39, 0.29) is 5.82 Å². The average Bonchev–Trinajstić information content (AvgIpc) is 1.92. The molecule has 0 aromatic heterocycles. The van der Waals surface area contributed by atoms with Gasteiger partial charge in [-0.05, 0) is 40.0 Å². The van der Waals surface area contributed by atoms with E-state index in [4.69, 9.17) is 0 Å². The fraction of sp³-hybridized carbons (Fsp3) is 0.222. The highest BCUT2D eigenvalue weighted by atomic mass is 32.2. The van der Waals surface area contributed by atoms with Crippen LogP contribution in [-0.2, 0) is 9.52 Å². The number of hydrogen-bond acceptors (Lipinski definition) is 1. The van der Waals surface area contributed by atoms with Crippen molar-refractivity contribution in [3.63, 3.8) is 0 Å². The smallest absolute Gasteiger partial charge is 0.124 e. The van der Waals surface area contributed by atoms with Gasteiger partial charge in [-0.1, -0.05) is 6.07 Å². The maximum atomic E-state index is 12.7. The molecule has 3 heteroatoms. The summed E-state index contributed by atoms with van der Waals surface area (Å²) in [6, 6.07) is 4.24. The van der Waals surface area contributed by atoms with Gasteiger partial charge in [0.2, 0.25) is 0 Å². The van der Waals surface area contributed by atoms with Crippen molar-refractivity contribution >= 4 is 15.4 Å². The summed E-state index contributed by atoms with van der Waals surface area (Å²) in [4.78, 5) is 0.502. The molecule has 1 aromatic rings. The Morgan fingerprint density at radius 3 is 2.50 bits per heavy atom. The molecular weight excluding hydrogens is 175 g/mol. The minimum Gasteiger partial charge on any atom is -0.263 e. The molecule has 0 aliphatic carbocycles. The second kappa shape index (κ2) is 2.90. The molecule has 1 atom stereocenters. The van der Waals surface area contributed by atoms with Crippen LogP contribution < -0.4 is 0 Å². The van der Waals surface area contributed by atoms with Crippen molar-refractivity contribution < 1.29 is 8.60 Å². The van der Waals surface area contributed by atoms with Gasteiger partial charge in [0.25, 0.3) is 0 Å². The zero-order valence-electron chi connectivity index (χ0n) is 7.13. The summed E-state index contributed by atoms with van der Waals surface area (Å²) in [5, 5.41) is 0. The molecule has 0 bridgehead atoms. The predicted molar refractivity (Wildman–Crippen MR) is 50.6 cm³/mol. The number of benzene rings is 1. The minimum absolute atomic E-state index is 0.367. The summed E-state index contributed by atoms with van der Waals surface area (Å²) in [5.41, 5.74) is 0.818. The Balaban J connectivity index is 3.43. The van der Waals surface area contributed by atoms with Crippen LogP contribution in [0.15, 0.2) is 23.1 Å². The molecule has 0 fully saturated rings. The summed E-state index contributed by atoms with van der Waals surface area (Å²) >= 11 is 0. The van der Waals surface area contributed by atoms with Crippen LogP contribution in [0.2, 0.25) is 0 Å². The monoisotopic (exact) mass is 186 g/mol. The first-order valence-electron chi connectivity index (χ1n) is 3.49. The van der Waals surface area contributed by atoms with Gasteiger partial charge < -0.3 is 0 Å². The van der Waals surface area contributed by atoms with Crippen LogP contribution in [0.5, 0.6) is 0 Å². The third kappa shape index (κ3) is 1.85. The molecule has 0 aliphatic heterocycles. The fourth-order valence-electron chi connectivity index (χ4n) is 1.04. The molecule has 0 spiro atoms. The predicted octanol–water partition coefficient (Wildman–Crippen LogP) is 1.84. The number of halogens is 1. The molecule has 0 N–H and O–H groups in total. The lowest BCUT2D eigenvalue weighted by atomic mass is 10.2. The highest BCUT2D eigenvalue weighted by Crippen LogP contribution is 2.15. The lowest BCUT2D eigenvalue weighted by Crippen LogP contribution is -1.99. The number of aryl methyl sites for hydroxylation is 1. The van der Waals surface area contributed by atoms with E-state index in [1.165, 1.54) is 18.4 Å². The van der Waals surface area contributed by atoms with Crippen LogP contribution in [0.25, 0.3) is 0 Å². The molecule has 66 valence electrons. The van der Waals surface area contributed by atoms with Gasteiger partial charge >= 0.3 is 0 Å². The Labute approximate surface area is 72.2 Å². The van der Waals surface area contributed by atoms with Crippen LogP contribution in [0.1, 0.15) is 5.56 Å². The number of rotatable bonds is 1. The van der Waals surface area contributed by atoms with E-state index >= 15 is 0 Å². The van der Waals surface area contributed by atoms with E-state index in [9.17, 15) is 8.60 Å². The summed E-state index contributed by atoms with van der Waals surface area (Å²) in [6.07, 6.45) is 1.51. The lowest BCUT2D eigenvalue weighted by molar-refractivity contribution is 0.621. The highest BCUT2D eigenvalue weighted by molar-refractivity contribution is 7.99. The first kappa shape index (κ1) is 9.26. The van der Waals surface area contributed by atoms with E-state index < -0.39 is 9.52 Å². The Hall–Kier alpha value is -0.830. The third-order valence-corrected chi connectivity index (χ3v) is 2.99. The highest BCUT2D eigenvalue weighted by Gasteiger charge is 2.05. The van der Waals surface area contributed by atoms with Crippen LogP contribution in [-0.4, -0.2) is 16.3 Å². The van der Waals surface area contributed by atoms with Crippen LogP contribution in [0.4, 0.5) is 4.39 Å². The Kier molecular flexibility index (Phi) is 2.24. The SMILES string of the molecule is C=S(C)(=O)c1cc(F)ccc1C. The van der Waals surface area contributed by atoms with E-state index in [0.717, 1.165) is 5.56 Å². The zero-order valence-corrected chi connectivity index (χ0v) is 7.95. The molecule has 0 heterocycles. The van der Waals surface area contributed by atoms with Gasteiger partial charge in [0.05, 0.1) is 0 Å². The van der Waals surface area contributed by atoms with Crippen molar-refractivity contribution in [2.75, 3.05) is 6.26 Å². The topological polar surface area (TPSA) is 17.1 Å². The summed E-state index contributed by atoms with van der Waals surface area (Å²) < 4.78 is 24.2. The van der Waals surface area contributed by atoms with Gasteiger partial charge in [0, 0.05) is 11.2 Å². The van der Waals surface area contributed by atoms with Crippen LogP contribution >= 0.6 is 0 Å². The fourth-order valence-corrected chi connectivity index (χ4v) is 2.15. The van der Waals surface area contributed by atoms with Gasteiger partial charge in [-0.25, -0.2) is 4.39 Å². The Morgan fingerprint density at radius 2 is 2.08 bits per heavy atom. The van der Waals surface area contributed by atoms with E-state index in [0.29, 0.717) is 4.90 Å². The van der Waals surface area contributed by atoms with Crippen molar-refractivity contribution in [2.24, 2.45) is 0 Å². The maximum Gasteiger partial charge on any atom is 0.124 e. The van der Waals surface area contributed by atoms with E-state index in [2.05, 4.69) is 5.87 Å². The average molecular weight is 186 g/mol. The molecule has 0 aliphatic rings. The van der Waals surface area contributed by atoms with Crippen LogP contribution in [0, 0.1) is 12.7 Å². The first-order chi connectivity index (χ1) is 5.41. The van der Waals surface area contributed by atoms with E-state index in [1.54, 1.807) is 13.0 Å². The zero-order chi connectivity index (χ0) is 9.35. The van der Waals surface area contributed by atoms with Gasteiger partial charge in [-0.15, -0.1) is 0 Å². The molecule has 0 saturated heterocycles. The summed E-state index contributed by atoms with van der Waals surface area (Å²) in [5.74, 6) is 3.14. The standard InChI is InChI=1S/C9H11FOS/c1-7-4-5-8(10)6-9(7)12(2,3)11/h4-6H,2H2,1,3H3. The summed E-state index contributed by atoms with van der Waals surface area (Å²) in [7, 11) is -2.30. The second-order valence-electron chi connectivity index (χ2n) is 2.91. The van der Waals surface area contributed by atoms with Crippen molar-refractivity contribution in [2.45, 2.75) is 11.8 Å². The molecule has 1 aromatic carbocycles. The normalized spacial score (nSPS) is 15.6. The molecule has 1 nitrogen and oxygen atoms in total. The third-order valence-electron chi connectivity index (χ3n) is 1.62. The van der Waals surface area contributed by atoms with E-state index in [1.807, 2.05) is 0 Å². The maximum absolute atomic E-state index is 12.7. The van der Waals surface area contributed by atoms with Gasteiger partial charge in [0.15, 0.2) is 0 Å². The van der Waals surface area contributed by atoms with Gasteiger partial charge in [0.1, 0.15) is 5.82 Å². The minimum atomic E-state index is -2.30.